The van der Waals surface area contributed by atoms with Crippen molar-refractivity contribution in [1.29, 1.82) is 0 Å². The van der Waals surface area contributed by atoms with Crippen LogP contribution in [0.4, 0.5) is 0 Å². The molecule has 0 aliphatic carbocycles. The Morgan fingerprint density at radius 3 is 2.52 bits per heavy atom. The summed E-state index contributed by atoms with van der Waals surface area (Å²) in [7, 11) is 1.29. The number of benzene rings is 2. The first kappa shape index (κ1) is 16.8. The number of halogens is 1. The third-order valence-electron chi connectivity index (χ3n) is 3.08. The lowest BCUT2D eigenvalue weighted by Gasteiger charge is -2.11. The van der Waals surface area contributed by atoms with Gasteiger partial charge < -0.3 is 14.8 Å². The summed E-state index contributed by atoms with van der Waals surface area (Å²) in [6, 6.07) is 13.8. The molecule has 0 saturated carbocycles. The van der Waals surface area contributed by atoms with Gasteiger partial charge in [-0.1, -0.05) is 41.9 Å². The molecule has 2 rings (SSSR count). The van der Waals surface area contributed by atoms with Gasteiger partial charge in [-0.25, -0.2) is 4.79 Å². The molecule has 2 aromatic carbocycles. The zero-order valence-corrected chi connectivity index (χ0v) is 13.3. The Kier molecular flexibility index (Phi) is 6.00. The number of methoxy groups -OCH3 is 1. The molecule has 0 atom stereocenters. The first-order valence-corrected chi connectivity index (χ1v) is 7.30. The number of carbonyl (C=O) groups is 2. The highest BCUT2D eigenvalue weighted by molar-refractivity contribution is 6.31. The molecule has 0 aliphatic rings. The average molecular weight is 334 g/mol. The molecular weight excluding hydrogens is 318 g/mol. The van der Waals surface area contributed by atoms with Crippen molar-refractivity contribution in [2.24, 2.45) is 0 Å². The van der Waals surface area contributed by atoms with E-state index >= 15 is 0 Å². The quantitative estimate of drug-likeness (QED) is 0.826. The average Bonchev–Trinajstić information content (AvgIpc) is 2.58. The summed E-state index contributed by atoms with van der Waals surface area (Å²) in [5, 5.41) is 3.30. The molecule has 0 saturated heterocycles. The van der Waals surface area contributed by atoms with Gasteiger partial charge in [-0.15, -0.1) is 0 Å². The summed E-state index contributed by atoms with van der Waals surface area (Å²) in [6.45, 7) is 0.0962. The van der Waals surface area contributed by atoms with Crippen LogP contribution >= 0.6 is 11.6 Å². The largest absolute Gasteiger partial charge is 0.483 e. The predicted molar refractivity (Wildman–Crippen MR) is 86.6 cm³/mol. The molecule has 0 aromatic heterocycles. The highest BCUT2D eigenvalue weighted by atomic mass is 35.5. The zero-order valence-electron chi connectivity index (χ0n) is 12.5. The highest BCUT2D eigenvalue weighted by Gasteiger charge is 2.13. The molecule has 0 fully saturated rings. The monoisotopic (exact) mass is 333 g/mol. The van der Waals surface area contributed by atoms with Crippen molar-refractivity contribution in [2.45, 2.75) is 6.54 Å². The molecule has 6 heteroatoms. The van der Waals surface area contributed by atoms with Crippen LogP contribution in [-0.4, -0.2) is 25.6 Å². The maximum absolute atomic E-state index is 11.9. The number of hydrogen-bond acceptors (Lipinski definition) is 4. The number of hydrogen-bond donors (Lipinski definition) is 1. The van der Waals surface area contributed by atoms with Crippen molar-refractivity contribution >= 4 is 23.5 Å². The Morgan fingerprint density at radius 1 is 1.09 bits per heavy atom. The maximum atomic E-state index is 11.9. The molecule has 1 N–H and O–H groups in total. The van der Waals surface area contributed by atoms with Crippen molar-refractivity contribution in [3.8, 4) is 5.75 Å². The molecule has 120 valence electrons. The number of carbonyl (C=O) groups excluding carboxylic acids is 2. The molecule has 0 heterocycles. The van der Waals surface area contributed by atoms with Crippen molar-refractivity contribution in [3.05, 3.63) is 64.7 Å². The van der Waals surface area contributed by atoms with Crippen LogP contribution in [-0.2, 0) is 16.1 Å². The van der Waals surface area contributed by atoms with Crippen LogP contribution in [0.15, 0.2) is 48.5 Å². The molecule has 0 spiro atoms. The Labute approximate surface area is 139 Å². The Hall–Kier alpha value is -2.53. The summed E-state index contributed by atoms with van der Waals surface area (Å²) < 4.78 is 10.1. The molecular formula is C17H16ClNO4. The number of nitrogens with one attached hydrogen (secondary N) is 1. The van der Waals surface area contributed by atoms with Crippen LogP contribution < -0.4 is 10.1 Å². The maximum Gasteiger partial charge on any atom is 0.341 e. The van der Waals surface area contributed by atoms with Crippen molar-refractivity contribution in [3.63, 3.8) is 0 Å². The van der Waals surface area contributed by atoms with E-state index in [4.69, 9.17) is 16.3 Å². The van der Waals surface area contributed by atoms with E-state index in [1.165, 1.54) is 7.11 Å². The molecule has 0 radical (unpaired) electrons. The van der Waals surface area contributed by atoms with Crippen LogP contribution in [0.3, 0.4) is 0 Å². The highest BCUT2D eigenvalue weighted by Crippen LogP contribution is 2.18. The van der Waals surface area contributed by atoms with E-state index in [0.717, 1.165) is 5.56 Å². The fourth-order valence-electron chi connectivity index (χ4n) is 1.90. The topological polar surface area (TPSA) is 64.6 Å². The van der Waals surface area contributed by atoms with Crippen LogP contribution in [0.1, 0.15) is 15.9 Å². The molecule has 1 amide bonds. The van der Waals surface area contributed by atoms with Crippen molar-refractivity contribution in [1.82, 2.24) is 5.32 Å². The third-order valence-corrected chi connectivity index (χ3v) is 3.45. The Bertz CT molecular complexity index is 702. The first-order valence-electron chi connectivity index (χ1n) is 6.92. The zero-order chi connectivity index (χ0) is 16.7. The van der Waals surface area contributed by atoms with Gasteiger partial charge in [0.15, 0.2) is 6.61 Å². The second-order valence-electron chi connectivity index (χ2n) is 4.64. The van der Waals surface area contributed by atoms with E-state index < -0.39 is 5.97 Å². The number of amides is 1. The molecule has 0 bridgehead atoms. The van der Waals surface area contributed by atoms with Gasteiger partial charge in [0.2, 0.25) is 0 Å². The van der Waals surface area contributed by atoms with Gasteiger partial charge in [0, 0.05) is 11.6 Å². The van der Waals surface area contributed by atoms with E-state index in [1.54, 1.807) is 30.3 Å². The van der Waals surface area contributed by atoms with E-state index in [2.05, 4.69) is 10.1 Å². The minimum absolute atomic E-state index is 0.210. The normalized spacial score (nSPS) is 10.0. The smallest absolute Gasteiger partial charge is 0.341 e. The SMILES string of the molecule is COC(=O)c1ccccc1OCC(=O)NCc1ccccc1Cl. The predicted octanol–water partition coefficient (Wildman–Crippen LogP) is 2.82. The summed E-state index contributed by atoms with van der Waals surface area (Å²) in [6.07, 6.45) is 0. The minimum atomic E-state index is -0.517. The van der Waals surface area contributed by atoms with Crippen LogP contribution in [0.5, 0.6) is 5.75 Å². The fourth-order valence-corrected chi connectivity index (χ4v) is 2.10. The van der Waals surface area contributed by atoms with Gasteiger partial charge in [-0.05, 0) is 23.8 Å². The van der Waals surface area contributed by atoms with Crippen LogP contribution in [0.2, 0.25) is 5.02 Å². The minimum Gasteiger partial charge on any atom is -0.483 e. The van der Waals surface area contributed by atoms with Crippen molar-refractivity contribution < 1.29 is 19.1 Å². The van der Waals surface area contributed by atoms with Gasteiger partial charge in [-0.2, -0.15) is 0 Å². The lowest BCUT2D eigenvalue weighted by Crippen LogP contribution is -2.28. The van der Waals surface area contributed by atoms with Gasteiger partial charge in [0.05, 0.1) is 7.11 Å². The van der Waals surface area contributed by atoms with Gasteiger partial charge >= 0.3 is 5.97 Å². The molecule has 2 aromatic rings. The van der Waals surface area contributed by atoms with E-state index in [1.807, 2.05) is 18.2 Å². The molecule has 0 unspecified atom stereocenters. The molecule has 23 heavy (non-hydrogen) atoms. The Balaban J connectivity index is 1.90. The molecule has 0 aliphatic heterocycles. The van der Waals surface area contributed by atoms with E-state index in [0.29, 0.717) is 17.3 Å². The summed E-state index contributed by atoms with van der Waals surface area (Å²) >= 11 is 6.02. The van der Waals surface area contributed by atoms with Crippen LogP contribution in [0.25, 0.3) is 0 Å². The summed E-state index contributed by atoms with van der Waals surface area (Å²) in [4.78, 5) is 23.5. The van der Waals surface area contributed by atoms with Gasteiger partial charge in [0.25, 0.3) is 5.91 Å². The second kappa shape index (κ2) is 8.19. The fraction of sp³-hybridized carbons (Fsp3) is 0.176. The second-order valence-corrected chi connectivity index (χ2v) is 5.05. The van der Waals surface area contributed by atoms with Gasteiger partial charge in [-0.3, -0.25) is 4.79 Å². The molecule has 5 nitrogen and oxygen atoms in total. The standard InChI is InChI=1S/C17H16ClNO4/c1-22-17(21)13-7-3-5-9-15(13)23-11-16(20)19-10-12-6-2-4-8-14(12)18/h2-9H,10-11H2,1H3,(H,19,20). The third kappa shape index (κ3) is 4.72. The van der Waals surface area contributed by atoms with E-state index in [-0.39, 0.29) is 18.1 Å². The van der Waals surface area contributed by atoms with Crippen LogP contribution in [0, 0.1) is 0 Å². The lowest BCUT2D eigenvalue weighted by molar-refractivity contribution is -0.123. The van der Waals surface area contributed by atoms with E-state index in [9.17, 15) is 9.59 Å². The number of esters is 1. The first-order chi connectivity index (χ1) is 11.1. The lowest BCUT2D eigenvalue weighted by atomic mass is 10.2. The number of ether oxygens (including phenoxy) is 2. The summed E-state index contributed by atoms with van der Waals surface area (Å²) in [5.41, 5.74) is 1.09. The Morgan fingerprint density at radius 2 is 1.78 bits per heavy atom. The number of para-hydroxylation sites is 1. The van der Waals surface area contributed by atoms with Gasteiger partial charge in [0.1, 0.15) is 11.3 Å². The van der Waals surface area contributed by atoms with Crippen molar-refractivity contribution in [2.75, 3.05) is 13.7 Å². The summed E-state index contributed by atoms with van der Waals surface area (Å²) in [5.74, 6) is -0.533. The number of rotatable bonds is 6.